The zero-order valence-electron chi connectivity index (χ0n) is 9.69. The van der Waals surface area contributed by atoms with E-state index in [9.17, 15) is 4.79 Å². The maximum Gasteiger partial charge on any atom is 0.407 e. The summed E-state index contributed by atoms with van der Waals surface area (Å²) in [5, 5.41) is 2.80. The lowest BCUT2D eigenvalue weighted by Gasteiger charge is -2.30. The molecule has 86 valence electrons. The van der Waals surface area contributed by atoms with Crippen LogP contribution in [-0.2, 0) is 11.2 Å². The van der Waals surface area contributed by atoms with E-state index in [4.69, 9.17) is 4.74 Å². The van der Waals surface area contributed by atoms with Crippen LogP contribution in [0.15, 0.2) is 24.3 Å². The third-order valence-corrected chi connectivity index (χ3v) is 2.80. The van der Waals surface area contributed by atoms with Gasteiger partial charge in [-0.15, -0.1) is 0 Å². The summed E-state index contributed by atoms with van der Waals surface area (Å²) in [6.07, 6.45) is 0.672. The molecule has 0 radical (unpaired) electrons. The van der Waals surface area contributed by atoms with Crippen molar-refractivity contribution >= 4 is 6.09 Å². The topological polar surface area (TPSA) is 38.3 Å². The van der Waals surface area contributed by atoms with Crippen molar-refractivity contribution in [2.24, 2.45) is 0 Å². The highest BCUT2D eigenvalue weighted by molar-refractivity contribution is 5.67. The minimum Gasteiger partial charge on any atom is -0.447 e. The van der Waals surface area contributed by atoms with E-state index in [-0.39, 0.29) is 12.2 Å². The highest BCUT2D eigenvalue weighted by Gasteiger charge is 2.25. The van der Waals surface area contributed by atoms with E-state index in [0.29, 0.717) is 12.5 Å². The number of fused-ring (bicyclic) bond motifs is 1. The summed E-state index contributed by atoms with van der Waals surface area (Å²) in [6, 6.07) is 8.35. The first kappa shape index (κ1) is 11.0. The first-order chi connectivity index (χ1) is 7.66. The lowest BCUT2D eigenvalue weighted by atomic mass is 9.78. The number of nitrogens with one attached hydrogen (secondary N) is 1. The fourth-order valence-electron chi connectivity index (χ4n) is 2.01. The second-order valence-corrected chi connectivity index (χ2v) is 4.43. The highest BCUT2D eigenvalue weighted by Crippen LogP contribution is 2.33. The molecule has 0 bridgehead atoms. The minimum absolute atomic E-state index is 0.0614. The average molecular weight is 219 g/mol. The van der Waals surface area contributed by atoms with Crippen LogP contribution in [-0.4, -0.2) is 18.7 Å². The molecule has 1 aliphatic carbocycles. The number of rotatable bonds is 3. The maximum atomic E-state index is 11.3. The van der Waals surface area contributed by atoms with Crippen LogP contribution in [0.4, 0.5) is 4.79 Å². The van der Waals surface area contributed by atoms with Gasteiger partial charge in [0.25, 0.3) is 0 Å². The van der Waals surface area contributed by atoms with E-state index in [0.717, 1.165) is 6.42 Å². The van der Waals surface area contributed by atoms with Crippen LogP contribution in [0.3, 0.4) is 0 Å². The fourth-order valence-corrected chi connectivity index (χ4v) is 2.01. The van der Waals surface area contributed by atoms with Gasteiger partial charge in [-0.1, -0.05) is 24.3 Å². The molecule has 0 saturated carbocycles. The molecular formula is C13H17NO2. The zero-order chi connectivity index (χ0) is 11.5. The molecule has 0 fully saturated rings. The Labute approximate surface area is 95.8 Å². The SMILES string of the molecule is CC(C)OC(=O)NCC1Cc2ccccc21. The van der Waals surface area contributed by atoms with Crippen LogP contribution in [0.25, 0.3) is 0 Å². The van der Waals surface area contributed by atoms with Gasteiger partial charge in [0.05, 0.1) is 6.10 Å². The van der Waals surface area contributed by atoms with Gasteiger partial charge in [0.15, 0.2) is 0 Å². The molecule has 1 aromatic rings. The van der Waals surface area contributed by atoms with Crippen molar-refractivity contribution in [2.45, 2.75) is 32.3 Å². The normalized spacial score (nSPS) is 17.6. The van der Waals surface area contributed by atoms with Gasteiger partial charge >= 0.3 is 6.09 Å². The summed E-state index contributed by atoms with van der Waals surface area (Å²) in [7, 11) is 0. The maximum absolute atomic E-state index is 11.3. The Balaban J connectivity index is 1.80. The van der Waals surface area contributed by atoms with Crippen molar-refractivity contribution in [3.8, 4) is 0 Å². The Morgan fingerprint density at radius 3 is 2.94 bits per heavy atom. The van der Waals surface area contributed by atoms with Crippen molar-refractivity contribution in [3.05, 3.63) is 35.4 Å². The molecule has 0 saturated heterocycles. The molecule has 0 aliphatic heterocycles. The predicted molar refractivity (Wildman–Crippen MR) is 62.5 cm³/mol. The summed E-state index contributed by atoms with van der Waals surface area (Å²) in [4.78, 5) is 11.3. The molecule has 3 nitrogen and oxygen atoms in total. The largest absolute Gasteiger partial charge is 0.447 e. The third-order valence-electron chi connectivity index (χ3n) is 2.80. The Morgan fingerprint density at radius 1 is 1.50 bits per heavy atom. The minimum atomic E-state index is -0.320. The number of carbonyl (C=O) groups excluding carboxylic acids is 1. The summed E-state index contributed by atoms with van der Waals surface area (Å²) < 4.78 is 5.01. The van der Waals surface area contributed by atoms with Gasteiger partial charge < -0.3 is 10.1 Å². The Kier molecular flexibility index (Phi) is 3.13. The van der Waals surface area contributed by atoms with Crippen LogP contribution >= 0.6 is 0 Å². The molecule has 1 atom stereocenters. The second kappa shape index (κ2) is 4.56. The molecule has 0 spiro atoms. The average Bonchev–Trinajstić information content (AvgIpc) is 2.18. The number of hydrogen-bond donors (Lipinski definition) is 1. The first-order valence-electron chi connectivity index (χ1n) is 5.69. The zero-order valence-corrected chi connectivity index (χ0v) is 9.69. The number of hydrogen-bond acceptors (Lipinski definition) is 2. The summed E-state index contributed by atoms with van der Waals surface area (Å²) in [5.41, 5.74) is 2.75. The van der Waals surface area contributed by atoms with E-state index in [1.54, 1.807) is 0 Å². The van der Waals surface area contributed by atoms with Crippen molar-refractivity contribution < 1.29 is 9.53 Å². The molecule has 3 heteroatoms. The molecule has 16 heavy (non-hydrogen) atoms. The standard InChI is InChI=1S/C13H17NO2/c1-9(2)16-13(15)14-8-11-7-10-5-3-4-6-12(10)11/h3-6,9,11H,7-8H2,1-2H3,(H,14,15). The van der Waals surface area contributed by atoms with Gasteiger partial charge in [-0.05, 0) is 31.4 Å². The van der Waals surface area contributed by atoms with E-state index in [2.05, 4.69) is 23.5 Å². The Bertz CT molecular complexity index is 387. The van der Waals surface area contributed by atoms with E-state index in [1.165, 1.54) is 11.1 Å². The van der Waals surface area contributed by atoms with Gasteiger partial charge in [-0.3, -0.25) is 0 Å². The first-order valence-corrected chi connectivity index (χ1v) is 5.69. The van der Waals surface area contributed by atoms with Crippen molar-refractivity contribution in [3.63, 3.8) is 0 Å². The number of ether oxygens (including phenoxy) is 1. The smallest absolute Gasteiger partial charge is 0.407 e. The monoisotopic (exact) mass is 219 g/mol. The Morgan fingerprint density at radius 2 is 2.25 bits per heavy atom. The second-order valence-electron chi connectivity index (χ2n) is 4.43. The lowest BCUT2D eigenvalue weighted by Crippen LogP contribution is -2.34. The van der Waals surface area contributed by atoms with Crippen LogP contribution in [0.2, 0.25) is 0 Å². The predicted octanol–water partition coefficient (Wildman–Crippen LogP) is 2.46. The molecule has 1 N–H and O–H groups in total. The number of alkyl carbamates (subject to hydrolysis) is 1. The van der Waals surface area contributed by atoms with Crippen LogP contribution < -0.4 is 5.32 Å². The quantitative estimate of drug-likeness (QED) is 0.848. The van der Waals surface area contributed by atoms with Gasteiger partial charge in [0.1, 0.15) is 0 Å². The number of amides is 1. The molecule has 1 unspecified atom stereocenters. The van der Waals surface area contributed by atoms with Gasteiger partial charge in [0.2, 0.25) is 0 Å². The molecule has 0 aromatic heterocycles. The van der Waals surface area contributed by atoms with E-state index >= 15 is 0 Å². The summed E-state index contributed by atoms with van der Waals surface area (Å²) in [6.45, 7) is 4.36. The molecule has 2 rings (SSSR count). The van der Waals surface area contributed by atoms with Gasteiger partial charge in [-0.25, -0.2) is 4.79 Å². The molecule has 1 aliphatic rings. The molecule has 1 amide bonds. The van der Waals surface area contributed by atoms with Gasteiger partial charge in [-0.2, -0.15) is 0 Å². The Hall–Kier alpha value is -1.51. The number of carbonyl (C=O) groups is 1. The van der Waals surface area contributed by atoms with Crippen LogP contribution in [0.1, 0.15) is 30.9 Å². The molecule has 0 heterocycles. The van der Waals surface area contributed by atoms with E-state index < -0.39 is 0 Å². The molecule has 1 aromatic carbocycles. The summed E-state index contributed by atoms with van der Waals surface area (Å²) in [5.74, 6) is 0.455. The third kappa shape index (κ3) is 2.35. The molecular weight excluding hydrogens is 202 g/mol. The van der Waals surface area contributed by atoms with Crippen LogP contribution in [0.5, 0.6) is 0 Å². The lowest BCUT2D eigenvalue weighted by molar-refractivity contribution is 0.115. The fraction of sp³-hybridized carbons (Fsp3) is 0.462. The highest BCUT2D eigenvalue weighted by atomic mass is 16.6. The number of benzene rings is 1. The van der Waals surface area contributed by atoms with Crippen molar-refractivity contribution in [1.82, 2.24) is 5.32 Å². The van der Waals surface area contributed by atoms with Crippen LogP contribution in [0, 0.1) is 0 Å². The van der Waals surface area contributed by atoms with Crippen molar-refractivity contribution in [2.75, 3.05) is 6.54 Å². The summed E-state index contributed by atoms with van der Waals surface area (Å²) >= 11 is 0. The van der Waals surface area contributed by atoms with Crippen molar-refractivity contribution in [1.29, 1.82) is 0 Å². The van der Waals surface area contributed by atoms with E-state index in [1.807, 2.05) is 19.9 Å². The van der Waals surface area contributed by atoms with Gasteiger partial charge in [0, 0.05) is 12.5 Å².